The van der Waals surface area contributed by atoms with Gasteiger partial charge < -0.3 is 4.74 Å². The molecule has 1 radical (unpaired) electrons. The molecule has 11 heavy (non-hydrogen) atoms. The van der Waals surface area contributed by atoms with Gasteiger partial charge in [0.2, 0.25) is 0 Å². The van der Waals surface area contributed by atoms with E-state index in [0.29, 0.717) is 18.4 Å². The summed E-state index contributed by atoms with van der Waals surface area (Å²) in [6.45, 7) is 0. The van der Waals surface area contributed by atoms with Crippen LogP contribution in [0.1, 0.15) is 32.1 Å². The zero-order valence-corrected chi connectivity index (χ0v) is 7.01. The maximum absolute atomic E-state index is 10.1. The van der Waals surface area contributed by atoms with Crippen LogP contribution >= 0.6 is 0 Å². The Morgan fingerprint density at radius 3 is 2.45 bits per heavy atom. The molecule has 1 saturated carbocycles. The van der Waals surface area contributed by atoms with Gasteiger partial charge in [0.15, 0.2) is 6.29 Å². The summed E-state index contributed by atoms with van der Waals surface area (Å²) >= 11 is 0. The van der Waals surface area contributed by atoms with Gasteiger partial charge in [0, 0.05) is 13.5 Å². The van der Waals surface area contributed by atoms with E-state index >= 15 is 0 Å². The zero-order valence-electron chi connectivity index (χ0n) is 7.01. The molecular formula is C9H15O2. The molecule has 0 atom stereocenters. The van der Waals surface area contributed by atoms with Crippen molar-refractivity contribution in [2.75, 3.05) is 7.11 Å². The Morgan fingerprint density at radius 1 is 1.36 bits per heavy atom. The maximum Gasteiger partial charge on any atom is 0.198 e. The lowest BCUT2D eigenvalue weighted by Gasteiger charge is -2.25. The van der Waals surface area contributed by atoms with Gasteiger partial charge in [-0.05, 0) is 31.6 Å². The molecule has 0 aliphatic heterocycles. The lowest BCUT2D eigenvalue weighted by Crippen LogP contribution is -2.20. The average Bonchev–Trinajstić information content (AvgIpc) is 2.07. The second kappa shape index (κ2) is 4.50. The summed E-state index contributed by atoms with van der Waals surface area (Å²) in [4.78, 5) is 10.1. The van der Waals surface area contributed by atoms with Gasteiger partial charge in [-0.2, -0.15) is 0 Å². The van der Waals surface area contributed by atoms with E-state index < -0.39 is 0 Å². The van der Waals surface area contributed by atoms with Crippen LogP contribution in [-0.2, 0) is 9.53 Å². The van der Waals surface area contributed by atoms with Crippen LogP contribution in [0, 0.1) is 5.92 Å². The molecule has 2 heteroatoms. The van der Waals surface area contributed by atoms with Gasteiger partial charge in [-0.3, -0.25) is 4.79 Å². The van der Waals surface area contributed by atoms with Crippen molar-refractivity contribution in [2.24, 2.45) is 5.92 Å². The molecule has 1 rings (SSSR count). The summed E-state index contributed by atoms with van der Waals surface area (Å²) in [7, 11) is 1.76. The fourth-order valence-corrected chi connectivity index (χ4v) is 1.69. The third-order valence-corrected chi connectivity index (χ3v) is 2.50. The number of carbonyl (C=O) groups excluding carboxylic acids is 1. The molecular weight excluding hydrogens is 140 g/mol. The first-order valence-corrected chi connectivity index (χ1v) is 4.24. The fraction of sp³-hybridized carbons (Fsp3) is 0.889. The molecule has 1 fully saturated rings. The lowest BCUT2D eigenvalue weighted by molar-refractivity contribution is 0.0577. The monoisotopic (exact) mass is 155 g/mol. The van der Waals surface area contributed by atoms with Gasteiger partial charge in [-0.1, -0.05) is 0 Å². The van der Waals surface area contributed by atoms with E-state index in [9.17, 15) is 4.79 Å². The van der Waals surface area contributed by atoms with Crippen LogP contribution < -0.4 is 0 Å². The molecule has 0 aromatic rings. The van der Waals surface area contributed by atoms with Crippen LogP contribution in [0.2, 0.25) is 0 Å². The second-order valence-electron chi connectivity index (χ2n) is 3.23. The van der Waals surface area contributed by atoms with E-state index in [-0.39, 0.29) is 0 Å². The minimum Gasteiger partial charge on any atom is -0.381 e. The van der Waals surface area contributed by atoms with E-state index in [0.717, 1.165) is 25.7 Å². The van der Waals surface area contributed by atoms with Gasteiger partial charge in [-0.15, -0.1) is 0 Å². The lowest BCUT2D eigenvalue weighted by atomic mass is 9.86. The van der Waals surface area contributed by atoms with Gasteiger partial charge in [0.25, 0.3) is 0 Å². The van der Waals surface area contributed by atoms with Crippen molar-refractivity contribution in [1.82, 2.24) is 0 Å². The third-order valence-electron chi connectivity index (χ3n) is 2.50. The standard InChI is InChI=1S/C9H15O2/c1-11-9-4-2-8(3-5-9)6-7-10/h8-9H,2-6H2,1H3. The largest absolute Gasteiger partial charge is 0.381 e. The fourth-order valence-electron chi connectivity index (χ4n) is 1.69. The Bertz CT molecular complexity index is 115. The normalized spacial score (nSPS) is 31.7. The number of methoxy groups -OCH3 is 1. The minimum atomic E-state index is 0.443. The van der Waals surface area contributed by atoms with E-state index in [1.807, 2.05) is 6.29 Å². The first-order valence-electron chi connectivity index (χ1n) is 4.24. The van der Waals surface area contributed by atoms with E-state index in [4.69, 9.17) is 4.74 Å². The topological polar surface area (TPSA) is 26.3 Å². The van der Waals surface area contributed by atoms with Crippen molar-refractivity contribution in [1.29, 1.82) is 0 Å². The summed E-state index contributed by atoms with van der Waals surface area (Å²) in [5, 5.41) is 0. The molecule has 1 aliphatic carbocycles. The maximum atomic E-state index is 10.1. The van der Waals surface area contributed by atoms with E-state index in [1.54, 1.807) is 7.11 Å². The molecule has 1 aliphatic rings. The van der Waals surface area contributed by atoms with Crippen LogP contribution in [0.3, 0.4) is 0 Å². The summed E-state index contributed by atoms with van der Waals surface area (Å²) in [5.41, 5.74) is 0. The molecule has 0 aromatic carbocycles. The first-order chi connectivity index (χ1) is 5.36. The van der Waals surface area contributed by atoms with Crippen LogP contribution in [0.4, 0.5) is 0 Å². The summed E-state index contributed by atoms with van der Waals surface area (Å²) in [6, 6.07) is 0. The van der Waals surface area contributed by atoms with Gasteiger partial charge >= 0.3 is 0 Å². The Hall–Kier alpha value is -0.370. The predicted octanol–water partition coefficient (Wildman–Crippen LogP) is 1.69. The van der Waals surface area contributed by atoms with Crippen LogP contribution in [0.15, 0.2) is 0 Å². The Balaban J connectivity index is 2.18. The molecule has 0 saturated heterocycles. The predicted molar refractivity (Wildman–Crippen MR) is 43.1 cm³/mol. The van der Waals surface area contributed by atoms with Crippen LogP contribution in [0.5, 0.6) is 0 Å². The van der Waals surface area contributed by atoms with Gasteiger partial charge in [-0.25, -0.2) is 0 Å². The van der Waals surface area contributed by atoms with E-state index in [2.05, 4.69) is 0 Å². The number of ether oxygens (including phenoxy) is 1. The zero-order chi connectivity index (χ0) is 8.10. The first kappa shape index (κ1) is 8.72. The van der Waals surface area contributed by atoms with Gasteiger partial charge in [0.1, 0.15) is 0 Å². The van der Waals surface area contributed by atoms with Gasteiger partial charge in [0.05, 0.1) is 6.10 Å². The van der Waals surface area contributed by atoms with Crippen LogP contribution in [0.25, 0.3) is 0 Å². The minimum absolute atomic E-state index is 0.443. The Morgan fingerprint density at radius 2 is 2.00 bits per heavy atom. The number of hydrogen-bond acceptors (Lipinski definition) is 2. The molecule has 0 aromatic heterocycles. The Kier molecular flexibility index (Phi) is 3.57. The molecule has 63 valence electrons. The summed E-state index contributed by atoms with van der Waals surface area (Å²) in [6.07, 6.45) is 7.54. The van der Waals surface area contributed by atoms with Crippen molar-refractivity contribution in [3.8, 4) is 0 Å². The third kappa shape index (κ3) is 2.62. The molecule has 2 nitrogen and oxygen atoms in total. The summed E-state index contributed by atoms with van der Waals surface area (Å²) < 4.78 is 5.22. The number of hydrogen-bond donors (Lipinski definition) is 0. The molecule has 0 unspecified atom stereocenters. The Labute approximate surface area is 67.9 Å². The highest BCUT2D eigenvalue weighted by Gasteiger charge is 2.20. The van der Waals surface area contributed by atoms with Crippen molar-refractivity contribution in [3.63, 3.8) is 0 Å². The number of rotatable bonds is 3. The van der Waals surface area contributed by atoms with Crippen molar-refractivity contribution in [3.05, 3.63) is 0 Å². The summed E-state index contributed by atoms with van der Waals surface area (Å²) in [5.74, 6) is 0.582. The van der Waals surface area contributed by atoms with E-state index in [1.165, 1.54) is 0 Å². The molecule has 0 amide bonds. The van der Waals surface area contributed by atoms with Crippen molar-refractivity contribution >= 4 is 6.29 Å². The molecule has 0 spiro atoms. The second-order valence-corrected chi connectivity index (χ2v) is 3.23. The smallest absolute Gasteiger partial charge is 0.198 e. The van der Waals surface area contributed by atoms with Crippen molar-refractivity contribution < 1.29 is 9.53 Å². The highest BCUT2D eigenvalue weighted by molar-refractivity contribution is 5.50. The average molecular weight is 155 g/mol. The van der Waals surface area contributed by atoms with Crippen molar-refractivity contribution in [2.45, 2.75) is 38.2 Å². The molecule has 0 bridgehead atoms. The quantitative estimate of drug-likeness (QED) is 0.620. The highest BCUT2D eigenvalue weighted by Crippen LogP contribution is 2.27. The molecule has 0 heterocycles. The molecule has 0 N–H and O–H groups in total. The van der Waals surface area contributed by atoms with Crippen LogP contribution in [-0.4, -0.2) is 19.5 Å². The highest BCUT2D eigenvalue weighted by atomic mass is 16.5. The SMILES string of the molecule is COC1CCC(C[C]=O)CC1.